The second-order valence-corrected chi connectivity index (χ2v) is 8.08. The molecule has 4 rings (SSSR count). The topological polar surface area (TPSA) is 87.2 Å². The van der Waals surface area contributed by atoms with E-state index in [1.807, 2.05) is 44.5 Å². The number of aromatic nitrogens is 2. The summed E-state index contributed by atoms with van der Waals surface area (Å²) in [7, 11) is 0. The van der Waals surface area contributed by atoms with Crippen LogP contribution in [0.5, 0.6) is 0 Å². The lowest BCUT2D eigenvalue weighted by molar-refractivity contribution is -0.132. The van der Waals surface area contributed by atoms with Crippen LogP contribution < -0.4 is 11.0 Å². The molecular weight excluding hydrogens is 388 g/mol. The number of aromatic amines is 1. The largest absolute Gasteiger partial charge is 0.352 e. The molecule has 152 valence electrons. The minimum atomic E-state index is -0.0938. The van der Waals surface area contributed by atoms with Gasteiger partial charge in [-0.25, -0.2) is 4.79 Å². The number of H-pyrrole nitrogens is 1. The third kappa shape index (κ3) is 4.27. The van der Waals surface area contributed by atoms with Gasteiger partial charge in [-0.2, -0.15) is 11.3 Å². The lowest BCUT2D eigenvalue weighted by atomic mass is 10.0. The number of thiophene rings is 1. The highest BCUT2D eigenvalue weighted by molar-refractivity contribution is 7.08. The molecular formula is C21H24N4O3S. The molecule has 0 unspecified atom stereocenters. The minimum absolute atomic E-state index is 0.0858. The van der Waals surface area contributed by atoms with Crippen LogP contribution in [0, 0.1) is 0 Å². The first-order valence-electron chi connectivity index (χ1n) is 9.91. The number of hydrogen-bond donors (Lipinski definition) is 2. The van der Waals surface area contributed by atoms with Gasteiger partial charge in [-0.3, -0.25) is 14.2 Å². The summed E-state index contributed by atoms with van der Waals surface area (Å²) in [6, 6.07) is 9.59. The number of nitrogens with one attached hydrogen (secondary N) is 2. The van der Waals surface area contributed by atoms with Crippen molar-refractivity contribution in [3.63, 3.8) is 0 Å². The van der Waals surface area contributed by atoms with Crippen LogP contribution in [0.25, 0.3) is 11.0 Å². The van der Waals surface area contributed by atoms with Crippen molar-refractivity contribution in [1.82, 2.24) is 19.8 Å². The van der Waals surface area contributed by atoms with Gasteiger partial charge in [0, 0.05) is 43.0 Å². The first kappa shape index (κ1) is 19.4. The minimum Gasteiger partial charge on any atom is -0.352 e. The first-order chi connectivity index (χ1) is 14.1. The summed E-state index contributed by atoms with van der Waals surface area (Å²) in [6.45, 7) is 1.79. The summed E-state index contributed by atoms with van der Waals surface area (Å²) in [5.74, 6) is 0.0168. The van der Waals surface area contributed by atoms with Crippen molar-refractivity contribution >= 4 is 34.2 Å². The molecule has 0 saturated carbocycles. The Morgan fingerprint density at radius 2 is 1.97 bits per heavy atom. The number of para-hydroxylation sites is 2. The number of carbonyl (C=O) groups excluding carboxylic acids is 2. The van der Waals surface area contributed by atoms with Gasteiger partial charge in [0.15, 0.2) is 0 Å². The van der Waals surface area contributed by atoms with Gasteiger partial charge in [-0.1, -0.05) is 12.1 Å². The van der Waals surface area contributed by atoms with E-state index in [4.69, 9.17) is 0 Å². The Kier molecular flexibility index (Phi) is 5.80. The predicted octanol–water partition coefficient (Wildman–Crippen LogP) is 2.76. The molecule has 2 N–H and O–H groups in total. The van der Waals surface area contributed by atoms with Gasteiger partial charge in [0.25, 0.3) is 5.91 Å². The molecule has 3 aromatic rings. The standard InChI is InChI=1S/C21H24N4O3S/c26-19(6-3-10-22-20(27)15-9-13-29-14-15)24-11-7-16(8-12-24)25-18-5-2-1-4-17(18)23-21(25)28/h1-2,4-5,9,13-14,16H,3,6-8,10-12H2,(H,22,27)(H,23,28). The van der Waals surface area contributed by atoms with Gasteiger partial charge in [-0.15, -0.1) is 0 Å². The van der Waals surface area contributed by atoms with Crippen LogP contribution in [0.2, 0.25) is 0 Å². The van der Waals surface area contributed by atoms with Crippen LogP contribution in [0.1, 0.15) is 42.1 Å². The normalized spacial score (nSPS) is 15.0. The first-order valence-corrected chi connectivity index (χ1v) is 10.8. The van der Waals surface area contributed by atoms with Gasteiger partial charge in [0.05, 0.1) is 11.0 Å². The van der Waals surface area contributed by atoms with E-state index >= 15 is 0 Å². The maximum absolute atomic E-state index is 12.5. The number of amides is 2. The van der Waals surface area contributed by atoms with Crippen LogP contribution in [-0.4, -0.2) is 45.9 Å². The number of rotatable bonds is 6. The van der Waals surface area contributed by atoms with Crippen molar-refractivity contribution in [2.75, 3.05) is 19.6 Å². The number of imidazole rings is 1. The Balaban J connectivity index is 1.25. The van der Waals surface area contributed by atoms with Crippen molar-refractivity contribution in [2.45, 2.75) is 31.7 Å². The van der Waals surface area contributed by atoms with E-state index in [9.17, 15) is 14.4 Å². The Labute approximate surface area is 172 Å². The van der Waals surface area contributed by atoms with Gasteiger partial charge in [0.2, 0.25) is 5.91 Å². The third-order valence-corrected chi connectivity index (χ3v) is 6.13. The zero-order valence-electron chi connectivity index (χ0n) is 16.1. The molecule has 1 saturated heterocycles. The molecule has 0 aliphatic carbocycles. The van der Waals surface area contributed by atoms with Crippen molar-refractivity contribution < 1.29 is 9.59 Å². The van der Waals surface area contributed by atoms with Crippen LogP contribution in [0.15, 0.2) is 45.9 Å². The van der Waals surface area contributed by atoms with Crippen LogP contribution in [-0.2, 0) is 4.79 Å². The number of hydrogen-bond acceptors (Lipinski definition) is 4. The fourth-order valence-electron chi connectivity index (χ4n) is 3.91. The molecule has 0 bridgehead atoms. The fourth-order valence-corrected chi connectivity index (χ4v) is 4.54. The Morgan fingerprint density at radius 3 is 2.72 bits per heavy atom. The maximum atomic E-state index is 12.5. The number of carbonyl (C=O) groups is 2. The van der Waals surface area contributed by atoms with Crippen LogP contribution >= 0.6 is 11.3 Å². The van der Waals surface area contributed by atoms with E-state index in [0.29, 0.717) is 38.0 Å². The summed E-state index contributed by atoms with van der Waals surface area (Å²) in [4.78, 5) is 41.5. The van der Waals surface area contributed by atoms with Crippen molar-refractivity contribution in [2.24, 2.45) is 0 Å². The third-order valence-electron chi connectivity index (χ3n) is 5.44. The second kappa shape index (κ2) is 8.65. The molecule has 0 atom stereocenters. The van der Waals surface area contributed by atoms with Crippen molar-refractivity contribution in [3.8, 4) is 0 Å². The van der Waals surface area contributed by atoms with E-state index in [1.54, 1.807) is 6.07 Å². The maximum Gasteiger partial charge on any atom is 0.326 e. The van der Waals surface area contributed by atoms with Gasteiger partial charge in [0.1, 0.15) is 0 Å². The number of benzene rings is 1. The van der Waals surface area contributed by atoms with E-state index in [-0.39, 0.29) is 23.5 Å². The summed E-state index contributed by atoms with van der Waals surface area (Å²) in [5, 5.41) is 6.52. The number of nitrogens with zero attached hydrogens (tertiary/aromatic N) is 2. The molecule has 1 aliphatic rings. The van der Waals surface area contributed by atoms with E-state index < -0.39 is 0 Å². The number of fused-ring (bicyclic) bond motifs is 1. The fraction of sp³-hybridized carbons (Fsp3) is 0.381. The van der Waals surface area contributed by atoms with Crippen LogP contribution in [0.4, 0.5) is 0 Å². The van der Waals surface area contributed by atoms with Gasteiger partial charge >= 0.3 is 5.69 Å². The monoisotopic (exact) mass is 412 g/mol. The molecule has 0 spiro atoms. The van der Waals surface area contributed by atoms with Gasteiger partial charge in [-0.05, 0) is 42.8 Å². The molecule has 0 radical (unpaired) electrons. The molecule has 1 aliphatic heterocycles. The zero-order chi connectivity index (χ0) is 20.2. The number of likely N-dealkylation sites (tertiary alicyclic amines) is 1. The Morgan fingerprint density at radius 1 is 1.17 bits per heavy atom. The number of piperidine rings is 1. The molecule has 29 heavy (non-hydrogen) atoms. The molecule has 2 aromatic heterocycles. The van der Waals surface area contributed by atoms with Crippen molar-refractivity contribution in [1.29, 1.82) is 0 Å². The average molecular weight is 413 g/mol. The summed E-state index contributed by atoms with van der Waals surface area (Å²) < 4.78 is 1.83. The average Bonchev–Trinajstić information content (AvgIpc) is 3.38. The molecule has 7 nitrogen and oxygen atoms in total. The molecule has 3 heterocycles. The molecule has 1 aromatic carbocycles. The molecule has 1 fully saturated rings. The van der Waals surface area contributed by atoms with Crippen LogP contribution in [0.3, 0.4) is 0 Å². The Bertz CT molecular complexity index is 1050. The van der Waals surface area contributed by atoms with E-state index in [1.165, 1.54) is 11.3 Å². The quantitative estimate of drug-likeness (QED) is 0.611. The zero-order valence-corrected chi connectivity index (χ0v) is 16.9. The highest BCUT2D eigenvalue weighted by Crippen LogP contribution is 2.25. The highest BCUT2D eigenvalue weighted by atomic mass is 32.1. The Hall–Kier alpha value is -2.87. The van der Waals surface area contributed by atoms with E-state index in [2.05, 4.69) is 10.3 Å². The summed E-state index contributed by atoms with van der Waals surface area (Å²) in [5.41, 5.74) is 2.34. The lowest BCUT2D eigenvalue weighted by Gasteiger charge is -2.32. The summed E-state index contributed by atoms with van der Waals surface area (Å²) >= 11 is 1.49. The summed E-state index contributed by atoms with van der Waals surface area (Å²) in [6.07, 6.45) is 2.57. The second-order valence-electron chi connectivity index (χ2n) is 7.30. The molecule has 8 heteroatoms. The smallest absolute Gasteiger partial charge is 0.326 e. The van der Waals surface area contributed by atoms with E-state index in [0.717, 1.165) is 23.9 Å². The van der Waals surface area contributed by atoms with Gasteiger partial charge < -0.3 is 15.2 Å². The lowest BCUT2D eigenvalue weighted by Crippen LogP contribution is -2.40. The predicted molar refractivity (Wildman–Crippen MR) is 113 cm³/mol. The highest BCUT2D eigenvalue weighted by Gasteiger charge is 2.25. The van der Waals surface area contributed by atoms with Crippen molar-refractivity contribution in [3.05, 3.63) is 57.1 Å². The SMILES string of the molecule is O=C(NCCCC(=O)N1CCC(n2c(=O)[nH]c3ccccc32)CC1)c1ccsc1. The molecule has 2 amide bonds.